The summed E-state index contributed by atoms with van der Waals surface area (Å²) < 4.78 is 16.2. The lowest BCUT2D eigenvalue weighted by Crippen LogP contribution is -2.47. The monoisotopic (exact) mass is 441 g/mol. The molecule has 172 valence electrons. The Morgan fingerprint density at radius 2 is 1.81 bits per heavy atom. The average Bonchev–Trinajstić information content (AvgIpc) is 2.76. The molecule has 0 spiro atoms. The van der Waals surface area contributed by atoms with Crippen molar-refractivity contribution < 1.29 is 28.9 Å². The summed E-state index contributed by atoms with van der Waals surface area (Å²) >= 11 is 0. The number of rotatable bonds is 6. The zero-order valence-corrected chi connectivity index (χ0v) is 19.0. The molecular weight excluding hydrogens is 410 g/mol. The van der Waals surface area contributed by atoms with Gasteiger partial charge in [-0.05, 0) is 56.0 Å². The number of carboxylic acids is 1. The van der Waals surface area contributed by atoms with Crippen molar-refractivity contribution in [3.05, 3.63) is 54.1 Å². The van der Waals surface area contributed by atoms with E-state index in [0.29, 0.717) is 18.7 Å². The third-order valence-corrected chi connectivity index (χ3v) is 5.39. The molecule has 0 bridgehead atoms. The molecule has 0 radical (unpaired) electrons. The molecule has 3 rings (SSSR count). The molecular formula is C25H31NO6. The van der Waals surface area contributed by atoms with Gasteiger partial charge in [-0.25, -0.2) is 4.79 Å². The first-order chi connectivity index (χ1) is 15.2. The van der Waals surface area contributed by atoms with Gasteiger partial charge in [-0.1, -0.05) is 36.4 Å². The lowest BCUT2D eigenvalue weighted by Gasteiger charge is -2.37. The number of methoxy groups -OCH3 is 1. The lowest BCUT2D eigenvalue weighted by atomic mass is 9.79. The standard InChI is InChI=1S/C25H31NO6/c1-25(2,3)32-24(29)26-11-10-21(22(15-26)23(27)28)19-12-18(17-8-6-5-7-9-17)13-20(14-19)31-16-30-4/h5-9,12-14,21-22H,10-11,15-16H2,1-4H3,(H,27,28)/t21-,22+/m1/s1. The third kappa shape index (κ3) is 6.01. The number of hydrogen-bond acceptors (Lipinski definition) is 5. The van der Waals surface area contributed by atoms with Gasteiger partial charge in [-0.15, -0.1) is 0 Å². The van der Waals surface area contributed by atoms with Crippen molar-refractivity contribution in [2.24, 2.45) is 5.92 Å². The number of carbonyl (C=O) groups excluding carboxylic acids is 1. The van der Waals surface area contributed by atoms with Crippen molar-refractivity contribution in [1.29, 1.82) is 0 Å². The van der Waals surface area contributed by atoms with Gasteiger partial charge in [-0.3, -0.25) is 4.79 Å². The van der Waals surface area contributed by atoms with Crippen LogP contribution in [0, 0.1) is 5.92 Å². The molecule has 7 heteroatoms. The minimum atomic E-state index is -0.937. The van der Waals surface area contributed by atoms with Gasteiger partial charge in [0.05, 0.1) is 5.92 Å². The Morgan fingerprint density at radius 1 is 1.09 bits per heavy atom. The summed E-state index contributed by atoms with van der Waals surface area (Å²) in [7, 11) is 1.55. The van der Waals surface area contributed by atoms with E-state index in [1.165, 1.54) is 4.90 Å². The minimum Gasteiger partial charge on any atom is -0.481 e. The van der Waals surface area contributed by atoms with E-state index in [-0.39, 0.29) is 19.3 Å². The molecule has 7 nitrogen and oxygen atoms in total. The van der Waals surface area contributed by atoms with Crippen LogP contribution in [-0.4, -0.2) is 54.7 Å². The predicted molar refractivity (Wildman–Crippen MR) is 121 cm³/mol. The number of ether oxygens (including phenoxy) is 3. The van der Waals surface area contributed by atoms with Crippen LogP contribution in [0.1, 0.15) is 38.7 Å². The first-order valence-corrected chi connectivity index (χ1v) is 10.7. The van der Waals surface area contributed by atoms with Crippen LogP contribution in [0.2, 0.25) is 0 Å². The molecule has 2 atom stereocenters. The molecule has 1 aliphatic rings. The number of hydrogen-bond donors (Lipinski definition) is 1. The van der Waals surface area contributed by atoms with E-state index >= 15 is 0 Å². The van der Waals surface area contributed by atoms with Crippen LogP contribution in [0.25, 0.3) is 11.1 Å². The van der Waals surface area contributed by atoms with Crippen LogP contribution >= 0.6 is 0 Å². The fourth-order valence-corrected chi connectivity index (χ4v) is 3.94. The van der Waals surface area contributed by atoms with E-state index < -0.39 is 23.6 Å². The summed E-state index contributed by atoms with van der Waals surface area (Å²) in [6, 6.07) is 15.7. The molecule has 2 aromatic carbocycles. The molecule has 1 N–H and O–H groups in total. The Labute approximate surface area is 188 Å². The van der Waals surface area contributed by atoms with Crippen molar-refractivity contribution in [1.82, 2.24) is 4.90 Å². The number of amides is 1. The highest BCUT2D eigenvalue weighted by Gasteiger charge is 2.38. The number of benzene rings is 2. The van der Waals surface area contributed by atoms with Crippen molar-refractivity contribution in [3.63, 3.8) is 0 Å². The zero-order chi connectivity index (χ0) is 23.3. The maximum atomic E-state index is 12.5. The minimum absolute atomic E-state index is 0.0944. The van der Waals surface area contributed by atoms with Gasteiger partial charge in [-0.2, -0.15) is 0 Å². The van der Waals surface area contributed by atoms with Gasteiger partial charge in [0, 0.05) is 26.1 Å². The Hall–Kier alpha value is -3.06. The van der Waals surface area contributed by atoms with Crippen LogP contribution in [0.4, 0.5) is 4.79 Å². The van der Waals surface area contributed by atoms with Crippen molar-refractivity contribution >= 4 is 12.1 Å². The Bertz CT molecular complexity index is 937. The Balaban J connectivity index is 1.91. The highest BCUT2D eigenvalue weighted by Crippen LogP contribution is 2.38. The van der Waals surface area contributed by atoms with Gasteiger partial charge in [0.2, 0.25) is 0 Å². The van der Waals surface area contributed by atoms with Crippen LogP contribution in [0.15, 0.2) is 48.5 Å². The topological polar surface area (TPSA) is 85.3 Å². The van der Waals surface area contributed by atoms with E-state index in [1.807, 2.05) is 48.5 Å². The van der Waals surface area contributed by atoms with Crippen molar-refractivity contribution in [2.75, 3.05) is 27.0 Å². The molecule has 1 amide bonds. The van der Waals surface area contributed by atoms with E-state index in [1.54, 1.807) is 27.9 Å². The van der Waals surface area contributed by atoms with Gasteiger partial charge < -0.3 is 24.2 Å². The second-order valence-corrected chi connectivity index (χ2v) is 8.97. The number of likely N-dealkylation sites (tertiary alicyclic amines) is 1. The second-order valence-electron chi connectivity index (χ2n) is 8.97. The van der Waals surface area contributed by atoms with Crippen LogP contribution < -0.4 is 4.74 Å². The molecule has 1 fully saturated rings. The first kappa shape index (κ1) is 23.6. The molecule has 0 unspecified atom stereocenters. The first-order valence-electron chi connectivity index (χ1n) is 10.7. The summed E-state index contributed by atoms with van der Waals surface area (Å²) in [5.74, 6) is -1.34. The van der Waals surface area contributed by atoms with Gasteiger partial charge >= 0.3 is 12.1 Å². The van der Waals surface area contributed by atoms with Gasteiger partial charge in [0.15, 0.2) is 6.79 Å². The van der Waals surface area contributed by atoms with E-state index in [0.717, 1.165) is 16.7 Å². The van der Waals surface area contributed by atoms with Crippen molar-refractivity contribution in [3.8, 4) is 16.9 Å². The molecule has 0 aromatic heterocycles. The summed E-state index contributed by atoms with van der Waals surface area (Å²) in [6.45, 7) is 6.00. The number of aliphatic carboxylic acids is 1. The largest absolute Gasteiger partial charge is 0.481 e. The number of carbonyl (C=O) groups is 2. The lowest BCUT2D eigenvalue weighted by molar-refractivity contribution is -0.144. The summed E-state index contributed by atoms with van der Waals surface area (Å²) in [5, 5.41) is 9.97. The quantitative estimate of drug-likeness (QED) is 0.651. The van der Waals surface area contributed by atoms with Crippen LogP contribution in [0.3, 0.4) is 0 Å². The van der Waals surface area contributed by atoms with Gasteiger partial charge in [0.1, 0.15) is 11.4 Å². The fourth-order valence-electron chi connectivity index (χ4n) is 3.94. The molecule has 2 aromatic rings. The second kappa shape index (κ2) is 10.0. The Morgan fingerprint density at radius 3 is 2.44 bits per heavy atom. The molecule has 32 heavy (non-hydrogen) atoms. The van der Waals surface area contributed by atoms with E-state index in [9.17, 15) is 14.7 Å². The van der Waals surface area contributed by atoms with Crippen LogP contribution in [-0.2, 0) is 14.3 Å². The number of carboxylic acid groups (broad SMARTS) is 1. The van der Waals surface area contributed by atoms with Crippen LogP contribution in [0.5, 0.6) is 5.75 Å². The SMILES string of the molecule is COCOc1cc(-c2ccccc2)cc([C@H]2CCN(C(=O)OC(C)(C)C)C[C@@H]2C(=O)O)c1. The van der Waals surface area contributed by atoms with E-state index in [2.05, 4.69) is 0 Å². The molecule has 1 aliphatic heterocycles. The number of nitrogens with zero attached hydrogens (tertiary/aromatic N) is 1. The van der Waals surface area contributed by atoms with Crippen molar-refractivity contribution in [2.45, 2.75) is 38.7 Å². The van der Waals surface area contributed by atoms with E-state index in [4.69, 9.17) is 14.2 Å². The average molecular weight is 442 g/mol. The summed E-state index contributed by atoms with van der Waals surface area (Å²) in [6.07, 6.45) is 0.0300. The maximum absolute atomic E-state index is 12.5. The summed E-state index contributed by atoms with van der Waals surface area (Å²) in [5.41, 5.74) is 2.18. The highest BCUT2D eigenvalue weighted by molar-refractivity contribution is 5.75. The molecule has 0 saturated carbocycles. The van der Waals surface area contributed by atoms with Gasteiger partial charge in [0.25, 0.3) is 0 Å². The highest BCUT2D eigenvalue weighted by atomic mass is 16.7. The Kier molecular flexibility index (Phi) is 7.40. The normalized spacial score (nSPS) is 18.8. The maximum Gasteiger partial charge on any atom is 0.410 e. The number of piperidine rings is 1. The molecule has 1 heterocycles. The zero-order valence-electron chi connectivity index (χ0n) is 19.0. The fraction of sp³-hybridized carbons (Fsp3) is 0.440. The molecule has 0 aliphatic carbocycles. The molecule has 1 saturated heterocycles. The predicted octanol–water partition coefficient (Wildman–Crippen LogP) is 4.76. The third-order valence-electron chi connectivity index (χ3n) is 5.39. The summed E-state index contributed by atoms with van der Waals surface area (Å²) in [4.78, 5) is 26.2. The smallest absolute Gasteiger partial charge is 0.410 e.